The van der Waals surface area contributed by atoms with E-state index in [4.69, 9.17) is 10.5 Å². The van der Waals surface area contributed by atoms with Gasteiger partial charge in [0.15, 0.2) is 5.60 Å². The predicted octanol–water partition coefficient (Wildman–Crippen LogP) is 2.79. The van der Waals surface area contributed by atoms with Gasteiger partial charge < -0.3 is 10.5 Å². The number of carbonyl (C=O) groups is 1. The SMILES string of the molecule is Cc1cc(C)c(OC2(C(N)=O)CCCC2)c(C)c1. The van der Waals surface area contributed by atoms with Crippen molar-refractivity contribution in [1.82, 2.24) is 0 Å². The smallest absolute Gasteiger partial charge is 0.261 e. The Morgan fingerprint density at radius 2 is 1.67 bits per heavy atom. The summed E-state index contributed by atoms with van der Waals surface area (Å²) in [5, 5.41) is 0. The Kier molecular flexibility index (Phi) is 3.33. The second-order valence-corrected chi connectivity index (χ2v) is 5.40. The number of primary amides is 1. The first kappa shape index (κ1) is 12.9. The van der Waals surface area contributed by atoms with Gasteiger partial charge in [0, 0.05) is 0 Å². The highest BCUT2D eigenvalue weighted by atomic mass is 16.5. The van der Waals surface area contributed by atoms with E-state index in [2.05, 4.69) is 19.1 Å². The van der Waals surface area contributed by atoms with Gasteiger partial charge in [-0.15, -0.1) is 0 Å². The summed E-state index contributed by atoms with van der Waals surface area (Å²) in [6, 6.07) is 4.15. The molecule has 0 spiro atoms. The molecule has 1 saturated carbocycles. The van der Waals surface area contributed by atoms with Crippen LogP contribution in [0.3, 0.4) is 0 Å². The van der Waals surface area contributed by atoms with Gasteiger partial charge in [-0.05, 0) is 57.6 Å². The highest BCUT2D eigenvalue weighted by Gasteiger charge is 2.42. The minimum atomic E-state index is -0.787. The molecule has 1 aromatic rings. The summed E-state index contributed by atoms with van der Waals surface area (Å²) in [5.74, 6) is 0.487. The second-order valence-electron chi connectivity index (χ2n) is 5.40. The van der Waals surface area contributed by atoms with E-state index in [0.717, 1.165) is 42.6 Å². The molecule has 1 aliphatic rings. The lowest BCUT2D eigenvalue weighted by Gasteiger charge is -2.28. The Morgan fingerprint density at radius 3 is 2.11 bits per heavy atom. The van der Waals surface area contributed by atoms with Crippen LogP contribution in [-0.2, 0) is 4.79 Å². The first-order valence-corrected chi connectivity index (χ1v) is 6.51. The Morgan fingerprint density at radius 1 is 1.17 bits per heavy atom. The van der Waals surface area contributed by atoms with E-state index in [1.54, 1.807) is 0 Å². The molecule has 18 heavy (non-hydrogen) atoms. The Hall–Kier alpha value is -1.51. The van der Waals surface area contributed by atoms with Crippen molar-refractivity contribution in [3.63, 3.8) is 0 Å². The fourth-order valence-corrected chi connectivity index (χ4v) is 2.87. The normalized spacial score (nSPS) is 17.7. The van der Waals surface area contributed by atoms with Crippen LogP contribution in [-0.4, -0.2) is 11.5 Å². The second kappa shape index (κ2) is 4.63. The van der Waals surface area contributed by atoms with Gasteiger partial charge in [-0.2, -0.15) is 0 Å². The number of hydrogen-bond donors (Lipinski definition) is 1. The van der Waals surface area contributed by atoms with Gasteiger partial charge in [-0.3, -0.25) is 4.79 Å². The summed E-state index contributed by atoms with van der Waals surface area (Å²) in [6.45, 7) is 6.08. The average molecular weight is 247 g/mol. The van der Waals surface area contributed by atoms with Crippen LogP contribution in [0.4, 0.5) is 0 Å². The Balaban J connectivity index is 2.36. The van der Waals surface area contributed by atoms with Gasteiger partial charge >= 0.3 is 0 Å². The van der Waals surface area contributed by atoms with E-state index < -0.39 is 5.60 Å². The highest BCUT2D eigenvalue weighted by Crippen LogP contribution is 2.37. The molecule has 0 aromatic heterocycles. The lowest BCUT2D eigenvalue weighted by Crippen LogP contribution is -2.46. The predicted molar refractivity (Wildman–Crippen MR) is 71.7 cm³/mol. The third-order valence-corrected chi connectivity index (χ3v) is 3.76. The Labute approximate surface area is 108 Å². The number of hydrogen-bond acceptors (Lipinski definition) is 2. The quantitative estimate of drug-likeness (QED) is 0.893. The van der Waals surface area contributed by atoms with Crippen molar-refractivity contribution in [3.8, 4) is 5.75 Å². The molecule has 2 N–H and O–H groups in total. The van der Waals surface area contributed by atoms with E-state index in [1.807, 2.05) is 13.8 Å². The van der Waals surface area contributed by atoms with Crippen molar-refractivity contribution in [3.05, 3.63) is 28.8 Å². The molecule has 1 aromatic carbocycles. The fraction of sp³-hybridized carbons (Fsp3) is 0.533. The van der Waals surface area contributed by atoms with Crippen LogP contribution in [0.1, 0.15) is 42.4 Å². The number of aryl methyl sites for hydroxylation is 3. The van der Waals surface area contributed by atoms with Gasteiger partial charge in [-0.1, -0.05) is 17.7 Å². The zero-order valence-electron chi connectivity index (χ0n) is 11.4. The molecule has 98 valence electrons. The molecule has 0 radical (unpaired) electrons. The van der Waals surface area contributed by atoms with Crippen LogP contribution < -0.4 is 10.5 Å². The van der Waals surface area contributed by atoms with Crippen LogP contribution in [0.15, 0.2) is 12.1 Å². The summed E-state index contributed by atoms with van der Waals surface area (Å²) in [5.41, 5.74) is 8.10. The molecule has 0 aliphatic heterocycles. The maximum absolute atomic E-state index is 11.7. The average Bonchev–Trinajstić information content (AvgIpc) is 2.73. The number of rotatable bonds is 3. The fourth-order valence-electron chi connectivity index (χ4n) is 2.87. The van der Waals surface area contributed by atoms with Gasteiger partial charge in [0.25, 0.3) is 5.91 Å². The molecule has 0 unspecified atom stereocenters. The molecule has 0 bridgehead atoms. The van der Waals surface area contributed by atoms with E-state index in [-0.39, 0.29) is 5.91 Å². The van der Waals surface area contributed by atoms with Crippen LogP contribution in [0.2, 0.25) is 0 Å². The third kappa shape index (κ3) is 2.22. The zero-order chi connectivity index (χ0) is 13.3. The van der Waals surface area contributed by atoms with E-state index in [1.165, 1.54) is 5.56 Å². The maximum Gasteiger partial charge on any atom is 0.261 e. The summed E-state index contributed by atoms with van der Waals surface area (Å²) in [6.07, 6.45) is 3.48. The Bertz CT molecular complexity index is 450. The summed E-state index contributed by atoms with van der Waals surface area (Å²) >= 11 is 0. The largest absolute Gasteiger partial charge is 0.477 e. The molecule has 1 aliphatic carbocycles. The number of carbonyl (C=O) groups excluding carboxylic acids is 1. The lowest BCUT2D eigenvalue weighted by molar-refractivity contribution is -0.133. The van der Waals surface area contributed by atoms with Gasteiger partial charge in [0.05, 0.1) is 0 Å². The molecule has 0 heterocycles. The zero-order valence-corrected chi connectivity index (χ0v) is 11.4. The van der Waals surface area contributed by atoms with Crippen LogP contribution in [0.25, 0.3) is 0 Å². The molecule has 1 fully saturated rings. The van der Waals surface area contributed by atoms with Crippen molar-refractivity contribution >= 4 is 5.91 Å². The van der Waals surface area contributed by atoms with Crippen molar-refractivity contribution in [2.75, 3.05) is 0 Å². The van der Waals surface area contributed by atoms with Gasteiger partial charge in [0.2, 0.25) is 0 Å². The van der Waals surface area contributed by atoms with E-state index in [0.29, 0.717) is 0 Å². The number of nitrogens with two attached hydrogens (primary N) is 1. The van der Waals surface area contributed by atoms with Crippen LogP contribution in [0.5, 0.6) is 5.75 Å². The number of amides is 1. The van der Waals surface area contributed by atoms with Crippen LogP contribution >= 0.6 is 0 Å². The van der Waals surface area contributed by atoms with Crippen molar-refractivity contribution in [2.45, 2.75) is 52.1 Å². The van der Waals surface area contributed by atoms with Gasteiger partial charge in [-0.25, -0.2) is 0 Å². The van der Waals surface area contributed by atoms with E-state index in [9.17, 15) is 4.79 Å². The standard InChI is InChI=1S/C15H21NO2/c1-10-8-11(2)13(12(3)9-10)18-15(14(16)17)6-4-5-7-15/h8-9H,4-7H2,1-3H3,(H2,16,17). The number of benzene rings is 1. The first-order valence-electron chi connectivity index (χ1n) is 6.51. The highest BCUT2D eigenvalue weighted by molar-refractivity contribution is 5.84. The maximum atomic E-state index is 11.7. The topological polar surface area (TPSA) is 52.3 Å². The van der Waals surface area contributed by atoms with Crippen molar-refractivity contribution in [2.24, 2.45) is 5.73 Å². The summed E-state index contributed by atoms with van der Waals surface area (Å²) in [4.78, 5) is 11.7. The van der Waals surface area contributed by atoms with Crippen molar-refractivity contribution < 1.29 is 9.53 Å². The van der Waals surface area contributed by atoms with Crippen LogP contribution in [0, 0.1) is 20.8 Å². The molecule has 1 amide bonds. The van der Waals surface area contributed by atoms with E-state index >= 15 is 0 Å². The lowest BCUT2D eigenvalue weighted by atomic mass is 10.00. The summed E-state index contributed by atoms with van der Waals surface area (Å²) in [7, 11) is 0. The van der Waals surface area contributed by atoms with Crippen molar-refractivity contribution in [1.29, 1.82) is 0 Å². The molecule has 3 nitrogen and oxygen atoms in total. The molecular weight excluding hydrogens is 226 g/mol. The first-order chi connectivity index (χ1) is 8.44. The third-order valence-electron chi connectivity index (χ3n) is 3.76. The molecule has 3 heteroatoms. The molecule has 0 saturated heterocycles. The molecular formula is C15H21NO2. The molecule has 2 rings (SSSR count). The monoisotopic (exact) mass is 247 g/mol. The summed E-state index contributed by atoms with van der Waals surface area (Å²) < 4.78 is 6.07. The molecule has 0 atom stereocenters. The number of ether oxygens (including phenoxy) is 1. The minimum Gasteiger partial charge on any atom is -0.477 e. The van der Waals surface area contributed by atoms with Gasteiger partial charge in [0.1, 0.15) is 5.75 Å². The minimum absolute atomic E-state index is 0.334.